The van der Waals surface area contributed by atoms with Gasteiger partial charge in [0.15, 0.2) is 0 Å². The van der Waals surface area contributed by atoms with Crippen LogP contribution >= 0.6 is 11.6 Å². The molecule has 0 radical (unpaired) electrons. The third-order valence-electron chi connectivity index (χ3n) is 3.42. The van der Waals surface area contributed by atoms with E-state index in [0.29, 0.717) is 16.3 Å². The molecule has 2 rings (SSSR count). The summed E-state index contributed by atoms with van der Waals surface area (Å²) in [6, 6.07) is 5.06. The Morgan fingerprint density at radius 2 is 2.10 bits per heavy atom. The highest BCUT2D eigenvalue weighted by Crippen LogP contribution is 2.30. The van der Waals surface area contributed by atoms with Crippen LogP contribution in [0.15, 0.2) is 18.2 Å². The van der Waals surface area contributed by atoms with Gasteiger partial charge >= 0.3 is 0 Å². The van der Waals surface area contributed by atoms with E-state index in [1.807, 2.05) is 13.8 Å². The van der Waals surface area contributed by atoms with Crippen molar-refractivity contribution in [2.45, 2.75) is 39.2 Å². The molecule has 0 bridgehead atoms. The molecule has 1 atom stereocenters. The summed E-state index contributed by atoms with van der Waals surface area (Å²) in [6.45, 7) is 3.93. The van der Waals surface area contributed by atoms with Gasteiger partial charge < -0.3 is 10.6 Å². The lowest BCUT2D eigenvalue weighted by atomic mass is 10.1. The summed E-state index contributed by atoms with van der Waals surface area (Å²) in [5, 5.41) is 6.07. The average molecular weight is 295 g/mol. The van der Waals surface area contributed by atoms with Gasteiger partial charge in [-0.25, -0.2) is 0 Å². The van der Waals surface area contributed by atoms with Crippen molar-refractivity contribution in [3.63, 3.8) is 0 Å². The van der Waals surface area contributed by atoms with Crippen molar-refractivity contribution < 1.29 is 9.59 Å². The van der Waals surface area contributed by atoms with E-state index >= 15 is 0 Å². The van der Waals surface area contributed by atoms with Crippen molar-refractivity contribution in [3.8, 4) is 0 Å². The summed E-state index contributed by atoms with van der Waals surface area (Å²) in [5.41, 5.74) is 1.00. The van der Waals surface area contributed by atoms with Crippen LogP contribution in [-0.4, -0.2) is 17.9 Å². The van der Waals surface area contributed by atoms with Gasteiger partial charge in [-0.1, -0.05) is 18.5 Å². The minimum absolute atomic E-state index is 0.0145. The number of carbonyl (C=O) groups excluding carboxylic acids is 2. The summed E-state index contributed by atoms with van der Waals surface area (Å²) in [6.07, 6.45) is 2.74. The SMILES string of the molecule is CC[C@@H](C)NC(=O)c1cc(NC(=O)C2CC2)ccc1Cl. The highest BCUT2D eigenvalue weighted by Gasteiger charge is 2.29. The second-order valence-corrected chi connectivity index (χ2v) is 5.65. The molecule has 0 aromatic heterocycles. The normalized spacial score (nSPS) is 15.6. The van der Waals surface area contributed by atoms with E-state index in [9.17, 15) is 9.59 Å². The molecular weight excluding hydrogens is 276 g/mol. The van der Waals surface area contributed by atoms with E-state index in [-0.39, 0.29) is 23.8 Å². The van der Waals surface area contributed by atoms with Crippen molar-refractivity contribution in [1.29, 1.82) is 0 Å². The highest BCUT2D eigenvalue weighted by molar-refractivity contribution is 6.34. The predicted octanol–water partition coefficient (Wildman–Crippen LogP) is 3.22. The first kappa shape index (κ1) is 14.9. The van der Waals surface area contributed by atoms with Gasteiger partial charge in [0, 0.05) is 17.6 Å². The molecule has 1 aliphatic carbocycles. The fourth-order valence-corrected chi connectivity index (χ4v) is 1.97. The first-order valence-corrected chi connectivity index (χ1v) is 7.30. The maximum absolute atomic E-state index is 12.1. The Kier molecular flexibility index (Phi) is 4.65. The molecule has 1 fully saturated rings. The molecule has 2 N–H and O–H groups in total. The van der Waals surface area contributed by atoms with Gasteiger partial charge in [0.05, 0.1) is 10.6 Å². The molecule has 1 aromatic carbocycles. The van der Waals surface area contributed by atoms with Crippen molar-refractivity contribution in [2.24, 2.45) is 5.92 Å². The first-order chi connectivity index (χ1) is 9.51. The Hall–Kier alpha value is -1.55. The fraction of sp³-hybridized carbons (Fsp3) is 0.467. The monoisotopic (exact) mass is 294 g/mol. The van der Waals surface area contributed by atoms with E-state index in [2.05, 4.69) is 10.6 Å². The van der Waals surface area contributed by atoms with Gasteiger partial charge in [0.2, 0.25) is 5.91 Å². The number of nitrogens with one attached hydrogen (secondary N) is 2. The van der Waals surface area contributed by atoms with Crippen LogP contribution in [0.2, 0.25) is 5.02 Å². The molecule has 0 spiro atoms. The summed E-state index contributed by atoms with van der Waals surface area (Å²) < 4.78 is 0. The molecule has 0 unspecified atom stereocenters. The van der Waals surface area contributed by atoms with Crippen LogP contribution in [-0.2, 0) is 4.79 Å². The smallest absolute Gasteiger partial charge is 0.253 e. The average Bonchev–Trinajstić information content (AvgIpc) is 3.25. The molecule has 0 saturated heterocycles. The summed E-state index contributed by atoms with van der Waals surface area (Å²) in [5.74, 6) is -0.0736. The molecule has 108 valence electrons. The van der Waals surface area contributed by atoms with Crippen LogP contribution in [0.25, 0.3) is 0 Å². The first-order valence-electron chi connectivity index (χ1n) is 6.92. The van der Waals surface area contributed by atoms with Gasteiger partial charge in [-0.3, -0.25) is 9.59 Å². The van der Waals surface area contributed by atoms with Gasteiger partial charge in [-0.2, -0.15) is 0 Å². The van der Waals surface area contributed by atoms with Crippen LogP contribution in [0.3, 0.4) is 0 Å². The lowest BCUT2D eigenvalue weighted by Gasteiger charge is -2.13. The van der Waals surface area contributed by atoms with Gasteiger partial charge in [0.1, 0.15) is 0 Å². The van der Waals surface area contributed by atoms with E-state index in [1.165, 1.54) is 0 Å². The van der Waals surface area contributed by atoms with Crippen LogP contribution in [0, 0.1) is 5.92 Å². The fourth-order valence-electron chi connectivity index (χ4n) is 1.77. The molecule has 5 heteroatoms. The van der Waals surface area contributed by atoms with Crippen molar-refractivity contribution >= 4 is 29.1 Å². The van der Waals surface area contributed by atoms with E-state index in [1.54, 1.807) is 18.2 Å². The molecule has 2 amide bonds. The van der Waals surface area contributed by atoms with E-state index in [0.717, 1.165) is 19.3 Å². The topological polar surface area (TPSA) is 58.2 Å². The Morgan fingerprint density at radius 3 is 2.70 bits per heavy atom. The zero-order chi connectivity index (χ0) is 14.7. The molecule has 0 heterocycles. The maximum atomic E-state index is 12.1. The molecule has 1 saturated carbocycles. The Labute approximate surface area is 123 Å². The highest BCUT2D eigenvalue weighted by atomic mass is 35.5. The van der Waals surface area contributed by atoms with Gasteiger partial charge in [0.25, 0.3) is 5.91 Å². The van der Waals surface area contributed by atoms with Gasteiger partial charge in [-0.05, 0) is 44.4 Å². The molecule has 0 aliphatic heterocycles. The molecule has 4 nitrogen and oxygen atoms in total. The third-order valence-corrected chi connectivity index (χ3v) is 3.75. The standard InChI is InChI=1S/C15H19ClN2O2/c1-3-9(2)17-15(20)12-8-11(6-7-13(12)16)18-14(19)10-4-5-10/h6-10H,3-5H2,1-2H3,(H,17,20)(H,18,19)/t9-/m1/s1. The zero-order valence-electron chi connectivity index (χ0n) is 11.7. The van der Waals surface area contributed by atoms with Gasteiger partial charge in [-0.15, -0.1) is 0 Å². The van der Waals surface area contributed by atoms with Crippen molar-refractivity contribution in [3.05, 3.63) is 28.8 Å². The predicted molar refractivity (Wildman–Crippen MR) is 80.0 cm³/mol. The van der Waals surface area contributed by atoms with Crippen LogP contribution in [0.4, 0.5) is 5.69 Å². The minimum Gasteiger partial charge on any atom is -0.350 e. The summed E-state index contributed by atoms with van der Waals surface area (Å²) in [7, 11) is 0. The Balaban J connectivity index is 2.11. The van der Waals surface area contributed by atoms with Crippen molar-refractivity contribution in [1.82, 2.24) is 5.32 Å². The summed E-state index contributed by atoms with van der Waals surface area (Å²) >= 11 is 6.06. The largest absolute Gasteiger partial charge is 0.350 e. The number of hydrogen-bond acceptors (Lipinski definition) is 2. The van der Waals surface area contributed by atoms with Crippen LogP contribution in [0.1, 0.15) is 43.5 Å². The van der Waals surface area contributed by atoms with E-state index in [4.69, 9.17) is 11.6 Å². The number of halogens is 1. The number of anilines is 1. The number of carbonyl (C=O) groups is 2. The number of hydrogen-bond donors (Lipinski definition) is 2. The molecule has 20 heavy (non-hydrogen) atoms. The number of benzene rings is 1. The lowest BCUT2D eigenvalue weighted by molar-refractivity contribution is -0.117. The second-order valence-electron chi connectivity index (χ2n) is 5.24. The van der Waals surface area contributed by atoms with E-state index < -0.39 is 0 Å². The molecular formula is C15H19ClN2O2. The van der Waals surface area contributed by atoms with Crippen molar-refractivity contribution in [2.75, 3.05) is 5.32 Å². The lowest BCUT2D eigenvalue weighted by Crippen LogP contribution is -2.32. The third kappa shape index (κ3) is 3.73. The Bertz CT molecular complexity index is 527. The van der Waals surface area contributed by atoms with Crippen LogP contribution < -0.4 is 10.6 Å². The number of amides is 2. The minimum atomic E-state index is -0.216. The molecule has 1 aromatic rings. The zero-order valence-corrected chi connectivity index (χ0v) is 12.5. The quantitative estimate of drug-likeness (QED) is 0.876. The summed E-state index contributed by atoms with van der Waals surface area (Å²) in [4.78, 5) is 23.8. The van der Waals surface area contributed by atoms with Crippen LogP contribution in [0.5, 0.6) is 0 Å². The molecule has 1 aliphatic rings. The maximum Gasteiger partial charge on any atom is 0.253 e. The second kappa shape index (κ2) is 6.27. The Morgan fingerprint density at radius 1 is 1.40 bits per heavy atom. The number of rotatable bonds is 5.